The molecule has 1 heterocycles. The highest BCUT2D eigenvalue weighted by Gasteiger charge is 2.64. The molecule has 5 nitrogen and oxygen atoms in total. The highest BCUT2D eigenvalue weighted by Crippen LogP contribution is 2.67. The number of hydrogen-bond donors (Lipinski definition) is 2. The molecule has 0 aromatic carbocycles. The molecule has 2 saturated carbocycles. The predicted octanol–water partition coefficient (Wildman–Crippen LogP) is 4.28. The van der Waals surface area contributed by atoms with Crippen molar-refractivity contribution in [2.24, 2.45) is 34.5 Å². The zero-order chi connectivity index (χ0) is 23.9. The van der Waals surface area contributed by atoms with Crippen LogP contribution in [0.15, 0.2) is 34.9 Å². The predicted molar refractivity (Wildman–Crippen MR) is 125 cm³/mol. The van der Waals surface area contributed by atoms with Crippen LogP contribution < -0.4 is 0 Å². The van der Waals surface area contributed by atoms with Crippen molar-refractivity contribution < 1.29 is 24.5 Å². The van der Waals surface area contributed by atoms with E-state index in [0.29, 0.717) is 23.8 Å². The van der Waals surface area contributed by atoms with Crippen molar-refractivity contribution in [1.82, 2.24) is 0 Å². The van der Waals surface area contributed by atoms with Gasteiger partial charge in [-0.2, -0.15) is 0 Å². The Morgan fingerprint density at radius 1 is 1.12 bits per heavy atom. The summed E-state index contributed by atoms with van der Waals surface area (Å²) < 4.78 is 5.75. The Hall–Kier alpha value is -1.72. The van der Waals surface area contributed by atoms with Crippen LogP contribution in [0.2, 0.25) is 0 Å². The van der Waals surface area contributed by atoms with E-state index >= 15 is 0 Å². The average molecular weight is 455 g/mol. The zero-order valence-corrected chi connectivity index (χ0v) is 20.6. The summed E-state index contributed by atoms with van der Waals surface area (Å²) in [5, 5.41) is 22.5. The van der Waals surface area contributed by atoms with E-state index in [0.717, 1.165) is 43.3 Å². The van der Waals surface area contributed by atoms with Crippen LogP contribution >= 0.6 is 0 Å². The van der Waals surface area contributed by atoms with E-state index in [1.54, 1.807) is 19.1 Å². The summed E-state index contributed by atoms with van der Waals surface area (Å²) in [4.78, 5) is 25.5. The number of fused-ring (bicyclic) bond motifs is 5. The molecular weight excluding hydrogens is 416 g/mol. The number of aliphatic hydroxyl groups excluding tert-OH is 1. The van der Waals surface area contributed by atoms with Gasteiger partial charge < -0.3 is 14.9 Å². The van der Waals surface area contributed by atoms with Gasteiger partial charge in [-0.05, 0) is 107 Å². The number of allylic oxidation sites excluding steroid dienone is 2. The third-order valence-corrected chi connectivity index (χ3v) is 10.7. The van der Waals surface area contributed by atoms with Crippen molar-refractivity contribution in [2.75, 3.05) is 0 Å². The third kappa shape index (κ3) is 3.04. The SMILES string of the molecule is CC1=C(C)C(=O)O[C@@H]([C@](C)(O)[C@H]2CC[C@H]3[C@@H]4CC=C5[C@H](O)C=CC(=O)[C@]5(C)[C@H]4CC[C@]23C)C1. The van der Waals surface area contributed by atoms with Crippen LogP contribution in [-0.4, -0.2) is 39.8 Å². The number of carbonyl (C=O) groups excluding carboxylic acids is 2. The molecule has 0 amide bonds. The van der Waals surface area contributed by atoms with Crippen molar-refractivity contribution in [3.05, 3.63) is 34.9 Å². The molecule has 5 rings (SSSR count). The molecule has 0 saturated heterocycles. The Bertz CT molecular complexity index is 986. The molecule has 33 heavy (non-hydrogen) atoms. The number of ketones is 1. The van der Waals surface area contributed by atoms with Gasteiger partial charge in [0.1, 0.15) is 11.7 Å². The van der Waals surface area contributed by atoms with Crippen LogP contribution in [0.1, 0.15) is 73.1 Å². The molecular formula is C28H38O5. The molecule has 1 aliphatic heterocycles. The summed E-state index contributed by atoms with van der Waals surface area (Å²) >= 11 is 0. The van der Waals surface area contributed by atoms with Crippen molar-refractivity contribution in [1.29, 1.82) is 0 Å². The fraction of sp³-hybridized carbons (Fsp3) is 0.714. The van der Waals surface area contributed by atoms with Gasteiger partial charge in [0.15, 0.2) is 5.78 Å². The van der Waals surface area contributed by atoms with Crippen LogP contribution in [0.25, 0.3) is 0 Å². The van der Waals surface area contributed by atoms with Gasteiger partial charge in [-0.15, -0.1) is 0 Å². The molecule has 0 unspecified atom stereocenters. The number of rotatable bonds is 2. The number of hydrogen-bond acceptors (Lipinski definition) is 5. The number of aliphatic hydroxyl groups is 2. The molecule has 2 N–H and O–H groups in total. The molecule has 2 fully saturated rings. The van der Waals surface area contributed by atoms with Gasteiger partial charge in [0.05, 0.1) is 11.5 Å². The molecule has 9 atom stereocenters. The molecule has 5 heteroatoms. The largest absolute Gasteiger partial charge is 0.456 e. The Kier molecular flexibility index (Phi) is 5.16. The van der Waals surface area contributed by atoms with Gasteiger partial charge in [0, 0.05) is 12.0 Å². The Morgan fingerprint density at radius 3 is 2.55 bits per heavy atom. The number of carbonyl (C=O) groups is 2. The molecule has 0 aromatic heterocycles. The number of esters is 1. The lowest BCUT2D eigenvalue weighted by molar-refractivity contribution is -0.181. The Labute approximate surface area is 197 Å². The molecule has 0 radical (unpaired) electrons. The quantitative estimate of drug-likeness (QED) is 0.481. The topological polar surface area (TPSA) is 83.8 Å². The fourth-order valence-electron chi connectivity index (χ4n) is 8.61. The summed E-state index contributed by atoms with van der Waals surface area (Å²) in [7, 11) is 0. The van der Waals surface area contributed by atoms with Crippen molar-refractivity contribution in [3.63, 3.8) is 0 Å². The van der Waals surface area contributed by atoms with Crippen molar-refractivity contribution in [3.8, 4) is 0 Å². The van der Waals surface area contributed by atoms with E-state index in [1.807, 2.05) is 20.8 Å². The first-order valence-electron chi connectivity index (χ1n) is 12.6. The second-order valence-electron chi connectivity index (χ2n) is 12.0. The molecule has 0 bridgehead atoms. The maximum Gasteiger partial charge on any atom is 0.334 e. The number of ether oxygens (including phenoxy) is 1. The first kappa shape index (κ1) is 23.0. The standard InChI is InChI=1S/C28H38O5/c1-15-14-24(33-25(31)16(15)2)28(5,32)22-10-8-18-17-6-7-20-21(29)9-11-23(30)27(20,4)19(17)12-13-26(18,22)3/h7,9,11,17-19,21-22,24,29,32H,6,8,10,12-14H2,1-5H3/t17-,18-,19-,21+,22-,24+,26-,27+,28+/m0/s1. The van der Waals surface area contributed by atoms with Crippen LogP contribution in [0, 0.1) is 34.5 Å². The van der Waals surface area contributed by atoms with Gasteiger partial charge in [0.25, 0.3) is 0 Å². The highest BCUT2D eigenvalue weighted by molar-refractivity contribution is 5.99. The van der Waals surface area contributed by atoms with Gasteiger partial charge in [-0.25, -0.2) is 4.79 Å². The second kappa shape index (κ2) is 7.39. The first-order chi connectivity index (χ1) is 15.4. The summed E-state index contributed by atoms with van der Waals surface area (Å²) in [6.45, 7) is 9.97. The molecule has 5 aliphatic rings. The van der Waals surface area contributed by atoms with Gasteiger partial charge in [-0.3, -0.25) is 4.79 Å². The Morgan fingerprint density at radius 2 is 1.85 bits per heavy atom. The lowest BCUT2D eigenvalue weighted by atomic mass is 9.46. The van der Waals surface area contributed by atoms with Crippen LogP contribution in [0.4, 0.5) is 0 Å². The zero-order valence-electron chi connectivity index (χ0n) is 20.6. The molecule has 180 valence electrons. The summed E-state index contributed by atoms with van der Waals surface area (Å²) in [6.07, 6.45) is 9.35. The fourth-order valence-corrected chi connectivity index (χ4v) is 8.61. The maximum atomic E-state index is 13.1. The summed E-state index contributed by atoms with van der Waals surface area (Å²) in [6, 6.07) is 0. The average Bonchev–Trinajstić information content (AvgIpc) is 3.12. The normalized spacial score (nSPS) is 46.7. The van der Waals surface area contributed by atoms with Crippen LogP contribution in [0.3, 0.4) is 0 Å². The third-order valence-electron chi connectivity index (χ3n) is 10.7. The first-order valence-corrected chi connectivity index (χ1v) is 12.6. The Balaban J connectivity index is 1.45. The van der Waals surface area contributed by atoms with E-state index in [9.17, 15) is 19.8 Å². The summed E-state index contributed by atoms with van der Waals surface area (Å²) in [5.41, 5.74) is 0.734. The van der Waals surface area contributed by atoms with Crippen LogP contribution in [0.5, 0.6) is 0 Å². The van der Waals surface area contributed by atoms with E-state index in [4.69, 9.17) is 4.74 Å². The van der Waals surface area contributed by atoms with Crippen LogP contribution in [-0.2, 0) is 14.3 Å². The highest BCUT2D eigenvalue weighted by atomic mass is 16.6. The van der Waals surface area contributed by atoms with E-state index in [1.165, 1.54) is 0 Å². The van der Waals surface area contributed by atoms with E-state index in [2.05, 4.69) is 13.0 Å². The minimum Gasteiger partial charge on any atom is -0.456 e. The van der Waals surface area contributed by atoms with Gasteiger partial charge in [-0.1, -0.05) is 18.6 Å². The summed E-state index contributed by atoms with van der Waals surface area (Å²) in [5.74, 6) is 0.811. The number of cyclic esters (lactones) is 1. The molecule has 0 spiro atoms. The monoisotopic (exact) mass is 454 g/mol. The molecule has 0 aromatic rings. The molecule has 4 aliphatic carbocycles. The smallest absolute Gasteiger partial charge is 0.334 e. The minimum absolute atomic E-state index is 0.0330. The van der Waals surface area contributed by atoms with Crippen molar-refractivity contribution in [2.45, 2.75) is 91.0 Å². The van der Waals surface area contributed by atoms with Gasteiger partial charge in [0.2, 0.25) is 0 Å². The maximum absolute atomic E-state index is 13.1. The van der Waals surface area contributed by atoms with Crippen molar-refractivity contribution >= 4 is 11.8 Å². The van der Waals surface area contributed by atoms with Gasteiger partial charge >= 0.3 is 5.97 Å². The van der Waals surface area contributed by atoms with E-state index in [-0.39, 0.29) is 29.0 Å². The lowest BCUT2D eigenvalue weighted by Gasteiger charge is -2.58. The minimum atomic E-state index is -1.10. The lowest BCUT2D eigenvalue weighted by Crippen LogP contribution is -2.58. The van der Waals surface area contributed by atoms with E-state index < -0.39 is 23.2 Å². The second-order valence-corrected chi connectivity index (χ2v) is 12.0.